The van der Waals surface area contributed by atoms with Crippen LogP contribution in [0.4, 0.5) is 10.1 Å². The van der Waals surface area contributed by atoms with Crippen molar-refractivity contribution < 1.29 is 32.2 Å². The van der Waals surface area contributed by atoms with E-state index in [-0.39, 0.29) is 40.9 Å². The van der Waals surface area contributed by atoms with E-state index in [1.807, 2.05) is 0 Å². The van der Waals surface area contributed by atoms with Gasteiger partial charge in [-0.25, -0.2) is 17.6 Å². The highest BCUT2D eigenvalue weighted by molar-refractivity contribution is 7.92. The highest BCUT2D eigenvalue weighted by Crippen LogP contribution is 2.55. The minimum atomic E-state index is -4.42. The fourth-order valence-corrected chi connectivity index (χ4v) is 5.34. The van der Waals surface area contributed by atoms with Crippen LogP contribution in [0.15, 0.2) is 35.2 Å². The van der Waals surface area contributed by atoms with Gasteiger partial charge in [0.05, 0.1) is 17.2 Å². The number of hydrogen-bond donors (Lipinski definition) is 2. The Morgan fingerprint density at radius 2 is 2.00 bits per heavy atom. The van der Waals surface area contributed by atoms with E-state index in [1.165, 1.54) is 6.07 Å². The second kappa shape index (κ2) is 8.42. The number of nitrogens with one attached hydrogen (secondary N) is 1. The molecule has 1 fully saturated rings. The van der Waals surface area contributed by atoms with Crippen LogP contribution >= 0.6 is 0 Å². The summed E-state index contributed by atoms with van der Waals surface area (Å²) in [4.78, 5) is 26.2. The molecule has 0 spiro atoms. The molecule has 2 aromatic rings. The molecule has 3 atom stereocenters. The Balaban J connectivity index is 1.72. The Hall–Kier alpha value is -2.98. The van der Waals surface area contributed by atoms with Crippen LogP contribution in [0.5, 0.6) is 5.75 Å². The number of aromatic carboxylic acids is 1. The van der Waals surface area contributed by atoms with E-state index in [1.54, 1.807) is 32.0 Å². The van der Waals surface area contributed by atoms with Gasteiger partial charge in [-0.3, -0.25) is 9.52 Å². The lowest BCUT2D eigenvalue weighted by atomic mass is 10.0. The van der Waals surface area contributed by atoms with Crippen LogP contribution < -0.4 is 9.46 Å². The molecule has 8 nitrogen and oxygen atoms in total. The molecule has 1 heterocycles. The number of rotatable bonds is 8. The number of carboxylic acid groups (broad SMARTS) is 1. The van der Waals surface area contributed by atoms with Crippen molar-refractivity contribution in [2.24, 2.45) is 5.92 Å². The van der Waals surface area contributed by atoms with Gasteiger partial charge in [-0.05, 0) is 63.2 Å². The summed E-state index contributed by atoms with van der Waals surface area (Å²) < 4.78 is 48.4. The second-order valence-corrected chi connectivity index (χ2v) is 10.5. The predicted octanol–water partition coefficient (Wildman–Crippen LogP) is 3.34. The lowest BCUT2D eigenvalue weighted by Crippen LogP contribution is -2.28. The number of halogens is 1. The Morgan fingerprint density at radius 3 is 2.67 bits per heavy atom. The number of benzene rings is 2. The zero-order valence-electron chi connectivity index (χ0n) is 18.5. The monoisotopic (exact) mass is 476 g/mol. The van der Waals surface area contributed by atoms with Crippen LogP contribution in [-0.4, -0.2) is 56.9 Å². The number of carbonyl (C=O) groups is 2. The Kier molecular flexibility index (Phi) is 5.92. The summed E-state index contributed by atoms with van der Waals surface area (Å²) >= 11 is 0. The van der Waals surface area contributed by atoms with E-state index < -0.39 is 32.5 Å². The first-order valence-corrected chi connectivity index (χ1v) is 12.0. The molecule has 1 aliphatic carbocycles. The van der Waals surface area contributed by atoms with Crippen molar-refractivity contribution in [2.75, 3.05) is 25.4 Å². The highest BCUT2D eigenvalue weighted by atomic mass is 32.2. The molecule has 1 aliphatic heterocycles. The number of carboxylic acids is 1. The number of ketones is 1. The van der Waals surface area contributed by atoms with Gasteiger partial charge < -0.3 is 14.7 Å². The van der Waals surface area contributed by atoms with Gasteiger partial charge in [-0.15, -0.1) is 0 Å². The molecule has 2 aliphatic rings. The topological polar surface area (TPSA) is 113 Å². The summed E-state index contributed by atoms with van der Waals surface area (Å²) in [6, 6.07) is 5.70. The van der Waals surface area contributed by atoms with Crippen LogP contribution in [-0.2, 0) is 10.0 Å². The molecule has 0 amide bonds. The molecule has 0 bridgehead atoms. The number of fused-ring (bicyclic) bond motifs is 3. The quantitative estimate of drug-likeness (QED) is 0.562. The third-order valence-corrected chi connectivity index (χ3v) is 7.73. The maximum atomic E-state index is 13.9. The number of ether oxygens (including phenoxy) is 1. The molecule has 0 radical (unpaired) electrons. The smallest absolute Gasteiger partial charge is 0.341 e. The summed E-state index contributed by atoms with van der Waals surface area (Å²) in [7, 11) is -0.866. The molecule has 4 rings (SSSR count). The zero-order chi connectivity index (χ0) is 24.1. The molecule has 2 N–H and O–H groups in total. The minimum Gasteiger partial charge on any atom is -0.492 e. The lowest BCUT2D eigenvalue weighted by Gasteiger charge is -2.22. The second-order valence-electron chi connectivity index (χ2n) is 8.81. The predicted molar refractivity (Wildman–Crippen MR) is 119 cm³/mol. The van der Waals surface area contributed by atoms with Crippen molar-refractivity contribution in [3.8, 4) is 5.75 Å². The van der Waals surface area contributed by atoms with E-state index in [0.717, 1.165) is 30.2 Å². The number of anilines is 1. The van der Waals surface area contributed by atoms with Gasteiger partial charge in [0, 0.05) is 23.9 Å². The maximum Gasteiger partial charge on any atom is 0.341 e. The van der Waals surface area contributed by atoms with E-state index in [4.69, 9.17) is 4.74 Å². The van der Waals surface area contributed by atoms with E-state index in [2.05, 4.69) is 4.72 Å². The van der Waals surface area contributed by atoms with Crippen LogP contribution in [0.3, 0.4) is 0 Å². The largest absolute Gasteiger partial charge is 0.492 e. The molecular weight excluding hydrogens is 451 g/mol. The Bertz CT molecular complexity index is 1240. The van der Waals surface area contributed by atoms with Crippen molar-refractivity contribution in [2.45, 2.75) is 36.6 Å². The van der Waals surface area contributed by atoms with Gasteiger partial charge in [0.1, 0.15) is 17.1 Å². The molecule has 10 heteroatoms. The molecule has 1 saturated carbocycles. The van der Waals surface area contributed by atoms with E-state index >= 15 is 0 Å². The molecule has 0 aromatic heterocycles. The molecule has 2 aromatic carbocycles. The van der Waals surface area contributed by atoms with E-state index in [0.29, 0.717) is 12.5 Å². The summed E-state index contributed by atoms with van der Waals surface area (Å²) in [5.41, 5.74) is 0.00686. The van der Waals surface area contributed by atoms with Gasteiger partial charge in [-0.2, -0.15) is 0 Å². The number of nitrogens with zero attached hydrogens (tertiary/aromatic N) is 1. The summed E-state index contributed by atoms with van der Waals surface area (Å²) in [5, 5.41) is 9.80. The van der Waals surface area contributed by atoms with Gasteiger partial charge in [0.2, 0.25) is 0 Å². The molecular formula is C23H25FN2O6S. The summed E-state index contributed by atoms with van der Waals surface area (Å²) in [6.07, 6.45) is 0.887. The minimum absolute atomic E-state index is 0.0193. The first kappa shape index (κ1) is 23.2. The van der Waals surface area contributed by atoms with Crippen LogP contribution in [0.1, 0.15) is 52.0 Å². The lowest BCUT2D eigenvalue weighted by molar-refractivity contribution is 0.0692. The summed E-state index contributed by atoms with van der Waals surface area (Å²) in [6.45, 7) is 2.18. The van der Waals surface area contributed by atoms with Gasteiger partial charge in [-0.1, -0.05) is 6.07 Å². The normalized spacial score (nSPS) is 19.8. The van der Waals surface area contributed by atoms with Gasteiger partial charge >= 0.3 is 5.97 Å². The number of hydrogen-bond acceptors (Lipinski definition) is 6. The van der Waals surface area contributed by atoms with Crippen LogP contribution in [0, 0.1) is 11.7 Å². The number of Topliss-reactive ketones (excluding diaryl/α,β-unsaturated/α-hetero) is 1. The van der Waals surface area contributed by atoms with Gasteiger partial charge in [0.15, 0.2) is 5.78 Å². The van der Waals surface area contributed by atoms with Crippen LogP contribution in [0.25, 0.3) is 0 Å². The standard InChI is InChI=1S/C23H25FN2O6S/c1-12(26(2)3)8-19(27)17-10-14(24)4-7-20(17)33(30,31)25-18-6-5-15-16-9-13(16)11-32-22(15)21(18)23(28)29/h4-7,10,12-13,16,25H,8-9,11H2,1-3H3,(H,28,29). The van der Waals surface area contributed by atoms with Crippen molar-refractivity contribution in [1.82, 2.24) is 4.90 Å². The molecule has 3 unspecified atom stereocenters. The van der Waals surface area contributed by atoms with Crippen LogP contribution in [0.2, 0.25) is 0 Å². The van der Waals surface area contributed by atoms with Crippen molar-refractivity contribution in [3.63, 3.8) is 0 Å². The SMILES string of the molecule is CC(CC(=O)c1cc(F)ccc1S(=O)(=O)Nc1ccc2c(c1C(=O)O)OCC1CC21)N(C)C. The Labute approximate surface area is 191 Å². The number of sulfonamides is 1. The average molecular weight is 477 g/mol. The zero-order valence-corrected chi connectivity index (χ0v) is 19.3. The highest BCUT2D eigenvalue weighted by Gasteiger charge is 2.45. The molecule has 33 heavy (non-hydrogen) atoms. The molecule has 176 valence electrons. The Morgan fingerprint density at radius 1 is 1.27 bits per heavy atom. The van der Waals surface area contributed by atoms with Crippen molar-refractivity contribution >= 4 is 27.5 Å². The molecule has 0 saturated heterocycles. The first-order valence-electron chi connectivity index (χ1n) is 10.5. The number of carbonyl (C=O) groups excluding carboxylic acids is 1. The van der Waals surface area contributed by atoms with Gasteiger partial charge in [0.25, 0.3) is 10.0 Å². The fourth-order valence-electron chi connectivity index (χ4n) is 4.06. The third kappa shape index (κ3) is 4.45. The van der Waals surface area contributed by atoms with Crippen molar-refractivity contribution in [3.05, 3.63) is 52.8 Å². The van der Waals surface area contributed by atoms with E-state index in [9.17, 15) is 27.5 Å². The third-order valence-electron chi connectivity index (χ3n) is 6.30. The first-order chi connectivity index (χ1) is 15.5. The maximum absolute atomic E-state index is 13.9. The average Bonchev–Trinajstić information content (AvgIpc) is 3.52. The summed E-state index contributed by atoms with van der Waals surface area (Å²) in [5.74, 6) is -1.88. The fraction of sp³-hybridized carbons (Fsp3) is 0.391. The van der Waals surface area contributed by atoms with Crippen molar-refractivity contribution in [1.29, 1.82) is 0 Å².